The molecule has 1 aliphatic heterocycles. The molecule has 21 heavy (non-hydrogen) atoms. The Hall–Kier alpha value is -1.79. The van der Waals surface area contributed by atoms with Gasteiger partial charge in [-0.1, -0.05) is 0 Å². The fourth-order valence-electron chi connectivity index (χ4n) is 2.75. The highest BCUT2D eigenvalue weighted by atomic mass is 19.1. The summed E-state index contributed by atoms with van der Waals surface area (Å²) in [5.41, 5.74) is -1.66. The van der Waals surface area contributed by atoms with Crippen molar-refractivity contribution in [1.29, 1.82) is 0 Å². The molecule has 0 saturated carbocycles. The molecule has 0 bridgehead atoms. The third kappa shape index (κ3) is 1.98. The van der Waals surface area contributed by atoms with Crippen LogP contribution in [0.2, 0.25) is 0 Å². The summed E-state index contributed by atoms with van der Waals surface area (Å²) in [5, 5.41) is 23.8. The van der Waals surface area contributed by atoms with Gasteiger partial charge in [0.15, 0.2) is 0 Å². The second-order valence-corrected chi connectivity index (χ2v) is 6.05. The maximum Gasteiger partial charge on any atom is 0.307 e. The summed E-state index contributed by atoms with van der Waals surface area (Å²) >= 11 is 0. The topological polar surface area (TPSA) is 66.6 Å². The van der Waals surface area contributed by atoms with Crippen LogP contribution in [0.5, 0.6) is 0 Å². The summed E-state index contributed by atoms with van der Waals surface area (Å²) in [7, 11) is 0. The Kier molecular flexibility index (Phi) is 3.42. The lowest BCUT2D eigenvalue weighted by molar-refractivity contribution is -0.565. The van der Waals surface area contributed by atoms with E-state index in [0.29, 0.717) is 15.9 Å². The predicted octanol–water partition coefficient (Wildman–Crippen LogP) is 2.22. The first-order valence-electron chi connectivity index (χ1n) is 6.66. The van der Waals surface area contributed by atoms with Crippen molar-refractivity contribution in [2.24, 2.45) is 0 Å². The van der Waals surface area contributed by atoms with Crippen LogP contribution in [0.25, 0.3) is 0 Å². The summed E-state index contributed by atoms with van der Waals surface area (Å²) in [5.74, 6) is -0.843. The van der Waals surface area contributed by atoms with Crippen molar-refractivity contribution in [3.05, 3.63) is 40.4 Å². The first-order valence-corrected chi connectivity index (χ1v) is 6.66. The normalized spacial score (nSPS) is 25.5. The Morgan fingerprint density at radius 2 is 1.95 bits per heavy atom. The molecule has 1 aromatic rings. The van der Waals surface area contributed by atoms with E-state index in [1.165, 1.54) is 32.0 Å². The Labute approximate surface area is 122 Å². The van der Waals surface area contributed by atoms with Crippen LogP contribution in [0.1, 0.15) is 38.8 Å². The van der Waals surface area contributed by atoms with Crippen LogP contribution in [0, 0.1) is 17.9 Å². The zero-order valence-corrected chi connectivity index (χ0v) is 12.8. The molecule has 0 aromatic heterocycles. The highest BCUT2D eigenvalue weighted by Crippen LogP contribution is 2.35. The Balaban J connectivity index is 2.72. The van der Waals surface area contributed by atoms with Crippen LogP contribution in [0.15, 0.2) is 18.2 Å². The van der Waals surface area contributed by atoms with E-state index in [1.807, 2.05) is 0 Å². The number of halogens is 1. The largest absolute Gasteiger partial charge is 0.622 e. The zero-order valence-electron chi connectivity index (χ0n) is 12.8. The average molecular weight is 294 g/mol. The molecule has 1 atom stereocenters. The molecule has 2 rings (SSSR count). The van der Waals surface area contributed by atoms with Gasteiger partial charge in [-0.2, -0.15) is 4.74 Å². The van der Waals surface area contributed by atoms with Crippen LogP contribution in [0.4, 0.5) is 4.39 Å². The van der Waals surface area contributed by atoms with Gasteiger partial charge in [0.25, 0.3) is 0 Å². The average Bonchev–Trinajstić information content (AvgIpc) is 2.53. The molecular formula is C15H19FN2O3. The monoisotopic (exact) mass is 294 g/mol. The van der Waals surface area contributed by atoms with E-state index in [4.69, 9.17) is 0 Å². The SMILES string of the molecule is CC(=O)[C@@]1(C)N(O)C(C)(C)C(c2ccc(F)c(C)c2)=[N+]1[O-]. The summed E-state index contributed by atoms with van der Waals surface area (Å²) in [6.45, 7) is 7.49. The number of benzene rings is 1. The van der Waals surface area contributed by atoms with E-state index in [9.17, 15) is 19.6 Å². The molecule has 1 heterocycles. The molecular weight excluding hydrogens is 275 g/mol. The molecule has 0 saturated heterocycles. The van der Waals surface area contributed by atoms with Crippen molar-refractivity contribution in [2.45, 2.75) is 45.8 Å². The number of hydroxylamine groups is 3. The van der Waals surface area contributed by atoms with E-state index >= 15 is 0 Å². The Bertz CT molecular complexity index is 654. The lowest BCUT2D eigenvalue weighted by atomic mass is 9.91. The second kappa shape index (κ2) is 4.61. The number of nitrogens with zero attached hydrogens (tertiary/aromatic N) is 2. The number of hydrogen-bond donors (Lipinski definition) is 1. The first kappa shape index (κ1) is 15.6. The number of carbonyl (C=O) groups is 1. The predicted molar refractivity (Wildman–Crippen MR) is 75.7 cm³/mol. The highest BCUT2D eigenvalue weighted by Gasteiger charge is 2.62. The third-order valence-electron chi connectivity index (χ3n) is 4.22. The number of aryl methyl sites for hydroxylation is 1. The minimum Gasteiger partial charge on any atom is -0.622 e. The molecule has 0 radical (unpaired) electrons. The van der Waals surface area contributed by atoms with Gasteiger partial charge in [0.05, 0.1) is 0 Å². The van der Waals surface area contributed by atoms with Gasteiger partial charge in [0, 0.05) is 19.4 Å². The van der Waals surface area contributed by atoms with Crippen LogP contribution in [-0.2, 0) is 4.79 Å². The smallest absolute Gasteiger partial charge is 0.307 e. The third-order valence-corrected chi connectivity index (χ3v) is 4.22. The summed E-state index contributed by atoms with van der Waals surface area (Å²) < 4.78 is 13.9. The first-order chi connectivity index (χ1) is 9.54. The maximum atomic E-state index is 13.4. The molecule has 0 amide bonds. The molecule has 1 aromatic carbocycles. The molecule has 0 unspecified atom stereocenters. The molecule has 0 fully saturated rings. The van der Waals surface area contributed by atoms with E-state index in [-0.39, 0.29) is 11.5 Å². The van der Waals surface area contributed by atoms with Gasteiger partial charge in [-0.05, 0) is 44.5 Å². The number of rotatable bonds is 2. The lowest BCUT2D eigenvalue weighted by Crippen LogP contribution is -2.57. The van der Waals surface area contributed by atoms with E-state index in [0.717, 1.165) is 5.06 Å². The zero-order chi connectivity index (χ0) is 16.2. The van der Waals surface area contributed by atoms with E-state index < -0.39 is 17.0 Å². The van der Waals surface area contributed by atoms with Gasteiger partial charge in [-0.15, -0.1) is 5.06 Å². The van der Waals surface area contributed by atoms with Gasteiger partial charge >= 0.3 is 5.66 Å². The number of ketones is 1. The Morgan fingerprint density at radius 1 is 1.38 bits per heavy atom. The van der Waals surface area contributed by atoms with Crippen molar-refractivity contribution in [3.63, 3.8) is 0 Å². The number of hydrogen-bond acceptors (Lipinski definition) is 4. The van der Waals surface area contributed by atoms with Crippen molar-refractivity contribution < 1.29 is 19.1 Å². The molecule has 0 aliphatic carbocycles. The Morgan fingerprint density at radius 3 is 2.38 bits per heavy atom. The molecule has 1 N–H and O–H groups in total. The highest BCUT2D eigenvalue weighted by molar-refractivity contribution is 6.06. The van der Waals surface area contributed by atoms with Crippen molar-refractivity contribution >= 4 is 11.5 Å². The summed E-state index contributed by atoms with van der Waals surface area (Å²) in [6, 6.07) is 4.29. The molecule has 0 spiro atoms. The minimum absolute atomic E-state index is 0.228. The standard InChI is InChI=1S/C15H19FN2O3/c1-9-8-11(6-7-12(9)16)13-14(3,4)18(21)15(5,10(2)19)17(13)20/h6-8,21H,1-5H3/t15-/m1/s1. The second-order valence-electron chi connectivity index (χ2n) is 6.05. The van der Waals surface area contributed by atoms with Crippen molar-refractivity contribution in [3.8, 4) is 0 Å². The molecule has 114 valence electrons. The molecule has 5 nitrogen and oxygen atoms in total. The van der Waals surface area contributed by atoms with Gasteiger partial charge in [0.1, 0.15) is 11.4 Å². The van der Waals surface area contributed by atoms with Crippen molar-refractivity contribution in [1.82, 2.24) is 5.06 Å². The fraction of sp³-hybridized carbons (Fsp3) is 0.467. The van der Waals surface area contributed by atoms with Crippen LogP contribution < -0.4 is 0 Å². The van der Waals surface area contributed by atoms with Crippen LogP contribution >= 0.6 is 0 Å². The lowest BCUT2D eigenvalue weighted by Gasteiger charge is -2.30. The molecule has 1 aliphatic rings. The summed E-state index contributed by atoms with van der Waals surface area (Å²) in [4.78, 5) is 11.9. The van der Waals surface area contributed by atoms with Crippen LogP contribution in [0.3, 0.4) is 0 Å². The van der Waals surface area contributed by atoms with Gasteiger partial charge in [-0.25, -0.2) is 4.39 Å². The summed E-state index contributed by atoms with van der Waals surface area (Å²) in [6.07, 6.45) is 0. The minimum atomic E-state index is -1.69. The van der Waals surface area contributed by atoms with Gasteiger partial charge in [0.2, 0.25) is 11.5 Å². The van der Waals surface area contributed by atoms with Crippen LogP contribution in [-0.4, -0.2) is 37.7 Å². The number of Topliss-reactive ketones (excluding diaryl/α,β-unsaturated/α-hetero) is 1. The van der Waals surface area contributed by atoms with E-state index in [1.54, 1.807) is 20.8 Å². The fourth-order valence-corrected chi connectivity index (χ4v) is 2.75. The molecule has 6 heteroatoms. The van der Waals surface area contributed by atoms with Crippen molar-refractivity contribution in [2.75, 3.05) is 0 Å². The van der Waals surface area contributed by atoms with E-state index in [2.05, 4.69) is 0 Å². The van der Waals surface area contributed by atoms with Gasteiger partial charge < -0.3 is 10.4 Å². The number of carbonyl (C=O) groups excluding carboxylic acids is 1. The quantitative estimate of drug-likeness (QED) is 0.671. The maximum absolute atomic E-state index is 13.4. The van der Waals surface area contributed by atoms with Gasteiger partial charge in [-0.3, -0.25) is 4.79 Å².